The Morgan fingerprint density at radius 1 is 1.06 bits per heavy atom. The van der Waals surface area contributed by atoms with Crippen molar-refractivity contribution in [2.75, 3.05) is 32.8 Å². The van der Waals surface area contributed by atoms with Gasteiger partial charge in [-0.05, 0) is 48.7 Å². The van der Waals surface area contributed by atoms with Crippen molar-refractivity contribution in [1.82, 2.24) is 19.8 Å². The second kappa shape index (κ2) is 10.00. The Kier molecular flexibility index (Phi) is 6.67. The van der Waals surface area contributed by atoms with Gasteiger partial charge in [0.1, 0.15) is 0 Å². The maximum atomic E-state index is 13.4. The highest BCUT2D eigenvalue weighted by Gasteiger charge is 2.31. The van der Waals surface area contributed by atoms with Crippen LogP contribution in [-0.2, 0) is 11.3 Å². The number of ether oxygens (including phenoxy) is 1. The molecule has 1 atom stereocenters. The summed E-state index contributed by atoms with van der Waals surface area (Å²) in [6.45, 7) is 5.09. The van der Waals surface area contributed by atoms with Gasteiger partial charge >= 0.3 is 0 Å². The summed E-state index contributed by atoms with van der Waals surface area (Å²) in [5, 5.41) is 0.649. The molecule has 0 radical (unpaired) electrons. The lowest BCUT2D eigenvalue weighted by Crippen LogP contribution is -2.35. The molecule has 0 bridgehead atoms. The van der Waals surface area contributed by atoms with Gasteiger partial charge in [-0.1, -0.05) is 35.9 Å². The largest absolute Gasteiger partial charge is 0.379 e. The van der Waals surface area contributed by atoms with Gasteiger partial charge in [0.2, 0.25) is 0 Å². The predicted molar refractivity (Wildman–Crippen MR) is 128 cm³/mol. The number of rotatable bonds is 5. The zero-order valence-electron chi connectivity index (χ0n) is 18.5. The van der Waals surface area contributed by atoms with Crippen LogP contribution in [0.4, 0.5) is 0 Å². The molecular formula is C26H27ClN4O2. The number of morpholine rings is 1. The average Bonchev–Trinajstić information content (AvgIpc) is 3.35. The number of aromatic nitrogens is 2. The molecule has 0 unspecified atom stereocenters. The summed E-state index contributed by atoms with van der Waals surface area (Å²) >= 11 is 6.14. The van der Waals surface area contributed by atoms with Crippen molar-refractivity contribution in [2.45, 2.75) is 25.4 Å². The van der Waals surface area contributed by atoms with Gasteiger partial charge in [0.25, 0.3) is 5.91 Å². The molecule has 33 heavy (non-hydrogen) atoms. The zero-order valence-corrected chi connectivity index (χ0v) is 19.2. The van der Waals surface area contributed by atoms with Crippen molar-refractivity contribution in [3.8, 4) is 11.4 Å². The fourth-order valence-corrected chi connectivity index (χ4v) is 4.77. The van der Waals surface area contributed by atoms with Crippen LogP contribution in [-0.4, -0.2) is 58.5 Å². The Morgan fingerprint density at radius 3 is 2.67 bits per heavy atom. The summed E-state index contributed by atoms with van der Waals surface area (Å²) in [5.74, 6) is 0.681. The SMILES string of the molecule is O=C(c1ccc(CN2CCOCC2)cc1)N1CCC[C@@H]1c1ccnc(-c2cccc(Cl)c2)n1. The summed E-state index contributed by atoms with van der Waals surface area (Å²) < 4.78 is 5.42. The Bertz CT molecular complexity index is 1120. The first-order valence-electron chi connectivity index (χ1n) is 11.5. The molecule has 0 N–H and O–H groups in total. The number of carbonyl (C=O) groups is 1. The smallest absolute Gasteiger partial charge is 0.254 e. The van der Waals surface area contributed by atoms with E-state index in [1.165, 1.54) is 5.56 Å². The second-order valence-electron chi connectivity index (χ2n) is 8.56. The summed E-state index contributed by atoms with van der Waals surface area (Å²) in [6.07, 6.45) is 3.62. The molecular weight excluding hydrogens is 436 g/mol. The maximum absolute atomic E-state index is 13.4. The Labute approximate surface area is 199 Å². The fourth-order valence-electron chi connectivity index (χ4n) is 4.58. The molecule has 2 fully saturated rings. The first-order valence-corrected chi connectivity index (χ1v) is 11.8. The lowest BCUT2D eigenvalue weighted by atomic mass is 10.1. The molecule has 1 aromatic heterocycles. The van der Waals surface area contributed by atoms with Crippen molar-refractivity contribution in [2.24, 2.45) is 0 Å². The molecule has 170 valence electrons. The van der Waals surface area contributed by atoms with E-state index in [-0.39, 0.29) is 11.9 Å². The summed E-state index contributed by atoms with van der Waals surface area (Å²) in [5.41, 5.74) is 3.68. The van der Waals surface area contributed by atoms with E-state index in [9.17, 15) is 4.79 Å². The molecule has 2 aliphatic rings. The second-order valence-corrected chi connectivity index (χ2v) is 8.99. The van der Waals surface area contributed by atoms with Gasteiger partial charge in [0, 0.05) is 48.5 Å². The van der Waals surface area contributed by atoms with Crippen LogP contribution >= 0.6 is 11.6 Å². The molecule has 2 aliphatic heterocycles. The first kappa shape index (κ1) is 22.0. The Balaban J connectivity index is 1.31. The van der Waals surface area contributed by atoms with Crippen LogP contribution in [0.2, 0.25) is 5.02 Å². The number of nitrogens with zero attached hydrogens (tertiary/aromatic N) is 4. The Morgan fingerprint density at radius 2 is 1.88 bits per heavy atom. The van der Waals surface area contributed by atoms with Crippen LogP contribution in [0.25, 0.3) is 11.4 Å². The number of carbonyl (C=O) groups excluding carboxylic acids is 1. The van der Waals surface area contributed by atoms with Crippen molar-refractivity contribution in [1.29, 1.82) is 0 Å². The number of benzene rings is 2. The molecule has 6 nitrogen and oxygen atoms in total. The van der Waals surface area contributed by atoms with E-state index in [2.05, 4.69) is 22.0 Å². The first-order chi connectivity index (χ1) is 16.2. The molecule has 0 aliphatic carbocycles. The number of amides is 1. The fraction of sp³-hybridized carbons (Fsp3) is 0.346. The topological polar surface area (TPSA) is 58.6 Å². The van der Waals surface area contributed by atoms with Crippen molar-refractivity contribution in [3.05, 3.63) is 82.6 Å². The lowest BCUT2D eigenvalue weighted by Gasteiger charge is -2.27. The van der Waals surface area contributed by atoms with Gasteiger partial charge in [-0.3, -0.25) is 9.69 Å². The third-order valence-electron chi connectivity index (χ3n) is 6.33. The van der Waals surface area contributed by atoms with E-state index in [0.29, 0.717) is 10.8 Å². The maximum Gasteiger partial charge on any atom is 0.254 e. The van der Waals surface area contributed by atoms with Gasteiger partial charge in [0.05, 0.1) is 24.9 Å². The van der Waals surface area contributed by atoms with Crippen molar-refractivity contribution < 1.29 is 9.53 Å². The van der Waals surface area contributed by atoms with Gasteiger partial charge in [0.15, 0.2) is 5.82 Å². The molecule has 1 amide bonds. The van der Waals surface area contributed by atoms with E-state index in [1.807, 2.05) is 47.4 Å². The molecule has 7 heteroatoms. The van der Waals surface area contributed by atoms with Crippen LogP contribution in [0.3, 0.4) is 0 Å². The molecule has 0 saturated carbocycles. The van der Waals surface area contributed by atoms with E-state index in [1.54, 1.807) is 6.20 Å². The molecule has 2 aromatic carbocycles. The highest BCUT2D eigenvalue weighted by atomic mass is 35.5. The monoisotopic (exact) mass is 462 g/mol. The number of likely N-dealkylation sites (tertiary alicyclic amines) is 1. The van der Waals surface area contributed by atoms with Crippen LogP contribution < -0.4 is 0 Å². The quantitative estimate of drug-likeness (QED) is 0.554. The lowest BCUT2D eigenvalue weighted by molar-refractivity contribution is 0.0342. The van der Waals surface area contributed by atoms with Crippen molar-refractivity contribution in [3.63, 3.8) is 0 Å². The van der Waals surface area contributed by atoms with Crippen LogP contribution in [0, 0.1) is 0 Å². The van der Waals surface area contributed by atoms with Gasteiger partial charge < -0.3 is 9.64 Å². The number of halogens is 1. The third-order valence-corrected chi connectivity index (χ3v) is 6.56. The van der Waals surface area contributed by atoms with Crippen LogP contribution in [0.15, 0.2) is 60.8 Å². The molecule has 3 aromatic rings. The molecule has 2 saturated heterocycles. The number of hydrogen-bond acceptors (Lipinski definition) is 5. The van der Waals surface area contributed by atoms with E-state index in [0.717, 1.165) is 69.1 Å². The minimum atomic E-state index is -0.0496. The number of hydrogen-bond donors (Lipinski definition) is 0. The molecule has 3 heterocycles. The average molecular weight is 463 g/mol. The third kappa shape index (κ3) is 5.08. The Hall–Kier alpha value is -2.80. The summed E-state index contributed by atoms with van der Waals surface area (Å²) in [7, 11) is 0. The highest BCUT2D eigenvalue weighted by Crippen LogP contribution is 2.33. The summed E-state index contributed by atoms with van der Waals surface area (Å²) in [6, 6.07) is 17.4. The normalized spacial score (nSPS) is 19.1. The van der Waals surface area contributed by atoms with Gasteiger partial charge in [-0.2, -0.15) is 0 Å². The van der Waals surface area contributed by atoms with E-state index in [4.69, 9.17) is 21.3 Å². The standard InChI is InChI=1S/C26H27ClN4O2/c27-22-4-1-3-21(17-22)25-28-11-10-23(29-25)24-5-2-12-31(24)26(32)20-8-6-19(7-9-20)18-30-13-15-33-16-14-30/h1,3-4,6-11,17,24H,2,5,12-16,18H2/t24-/m1/s1. The van der Waals surface area contributed by atoms with Crippen LogP contribution in [0.5, 0.6) is 0 Å². The zero-order chi connectivity index (χ0) is 22.6. The molecule has 5 rings (SSSR count). The molecule has 0 spiro atoms. The summed E-state index contributed by atoms with van der Waals surface area (Å²) in [4.78, 5) is 26.9. The van der Waals surface area contributed by atoms with Gasteiger partial charge in [-0.15, -0.1) is 0 Å². The minimum Gasteiger partial charge on any atom is -0.379 e. The highest BCUT2D eigenvalue weighted by molar-refractivity contribution is 6.30. The predicted octanol–water partition coefficient (Wildman–Crippen LogP) is 4.61. The van der Waals surface area contributed by atoms with E-state index < -0.39 is 0 Å². The van der Waals surface area contributed by atoms with Crippen molar-refractivity contribution >= 4 is 17.5 Å². The van der Waals surface area contributed by atoms with E-state index >= 15 is 0 Å². The van der Waals surface area contributed by atoms with Gasteiger partial charge in [-0.25, -0.2) is 9.97 Å². The minimum absolute atomic E-state index is 0.0496. The van der Waals surface area contributed by atoms with Crippen LogP contribution in [0.1, 0.15) is 40.5 Å².